The first-order chi connectivity index (χ1) is 9.47. The maximum atomic E-state index is 11.0. The van der Waals surface area contributed by atoms with Gasteiger partial charge in [0.1, 0.15) is 0 Å². The van der Waals surface area contributed by atoms with Crippen molar-refractivity contribution in [3.8, 4) is 0 Å². The van der Waals surface area contributed by atoms with Crippen molar-refractivity contribution in [1.82, 2.24) is 4.90 Å². The molecule has 4 nitrogen and oxygen atoms in total. The molecule has 20 heavy (non-hydrogen) atoms. The van der Waals surface area contributed by atoms with Crippen LogP contribution in [0.4, 0.5) is 5.69 Å². The maximum absolute atomic E-state index is 11.0. The Morgan fingerprint density at radius 3 is 2.50 bits per heavy atom. The lowest BCUT2D eigenvalue weighted by molar-refractivity contribution is -0.144. The highest BCUT2D eigenvalue weighted by atomic mass is 16.4. The molecule has 1 heterocycles. The van der Waals surface area contributed by atoms with Gasteiger partial charge in [-0.05, 0) is 44.0 Å². The summed E-state index contributed by atoms with van der Waals surface area (Å²) in [5.41, 5.74) is 2.49. The number of nitrogens with zero attached hydrogens (tertiary/aromatic N) is 2. The van der Waals surface area contributed by atoms with Crippen molar-refractivity contribution in [3.63, 3.8) is 0 Å². The molecule has 1 N–H and O–H groups in total. The van der Waals surface area contributed by atoms with Crippen molar-refractivity contribution in [2.45, 2.75) is 32.4 Å². The summed E-state index contributed by atoms with van der Waals surface area (Å²) in [4.78, 5) is 15.5. The number of anilines is 1. The number of aliphatic carboxylic acids is 1. The number of piperidine rings is 1. The molecular weight excluding hydrogens is 252 g/mol. The van der Waals surface area contributed by atoms with Gasteiger partial charge in [-0.15, -0.1) is 0 Å². The minimum Gasteiger partial charge on any atom is -0.481 e. The molecule has 1 aliphatic heterocycles. The minimum atomic E-state index is -0.646. The van der Waals surface area contributed by atoms with Crippen LogP contribution in [-0.4, -0.2) is 42.7 Å². The van der Waals surface area contributed by atoms with E-state index in [2.05, 4.69) is 41.0 Å². The van der Waals surface area contributed by atoms with Gasteiger partial charge in [0.25, 0.3) is 0 Å². The summed E-state index contributed by atoms with van der Waals surface area (Å²) < 4.78 is 0. The molecule has 2 atom stereocenters. The third-order valence-corrected chi connectivity index (χ3v) is 4.20. The van der Waals surface area contributed by atoms with E-state index in [4.69, 9.17) is 5.11 Å². The molecule has 1 fully saturated rings. The Balaban J connectivity index is 1.95. The number of carboxylic acid groups (broad SMARTS) is 1. The molecule has 4 heteroatoms. The number of rotatable bonds is 4. The van der Waals surface area contributed by atoms with Crippen LogP contribution in [0, 0.1) is 5.92 Å². The fraction of sp³-hybridized carbons (Fsp3) is 0.562. The van der Waals surface area contributed by atoms with E-state index in [1.165, 1.54) is 11.3 Å². The van der Waals surface area contributed by atoms with Gasteiger partial charge >= 0.3 is 5.97 Å². The molecule has 0 aliphatic carbocycles. The molecule has 1 saturated heterocycles. The van der Waals surface area contributed by atoms with Gasteiger partial charge in [0.05, 0.1) is 5.92 Å². The number of carbonyl (C=O) groups is 1. The van der Waals surface area contributed by atoms with Gasteiger partial charge in [-0.3, -0.25) is 9.69 Å². The van der Waals surface area contributed by atoms with E-state index in [9.17, 15) is 4.79 Å². The highest BCUT2D eigenvalue weighted by Gasteiger charge is 2.29. The molecule has 1 aliphatic rings. The van der Waals surface area contributed by atoms with E-state index < -0.39 is 5.97 Å². The van der Waals surface area contributed by atoms with Gasteiger partial charge < -0.3 is 10.0 Å². The summed E-state index contributed by atoms with van der Waals surface area (Å²) in [6.07, 6.45) is 1.51. The minimum absolute atomic E-state index is 0.169. The summed E-state index contributed by atoms with van der Waals surface area (Å²) in [5, 5.41) is 9.09. The SMILES string of the molecule is CC1CC(C(=O)O)CCN1Cc1ccc(N(C)C)cc1. The Labute approximate surface area is 121 Å². The molecule has 1 aromatic carbocycles. The first kappa shape index (κ1) is 14.9. The summed E-state index contributed by atoms with van der Waals surface area (Å²) in [7, 11) is 4.07. The van der Waals surface area contributed by atoms with Crippen molar-refractivity contribution in [1.29, 1.82) is 0 Å². The van der Waals surface area contributed by atoms with E-state index in [-0.39, 0.29) is 5.92 Å². The van der Waals surface area contributed by atoms with Crippen molar-refractivity contribution < 1.29 is 9.90 Å². The average molecular weight is 276 g/mol. The van der Waals surface area contributed by atoms with Crippen LogP contribution >= 0.6 is 0 Å². The largest absolute Gasteiger partial charge is 0.481 e. The fourth-order valence-corrected chi connectivity index (χ4v) is 2.81. The molecule has 0 saturated carbocycles. The Morgan fingerprint density at radius 1 is 1.35 bits per heavy atom. The zero-order valence-electron chi connectivity index (χ0n) is 12.5. The summed E-state index contributed by atoms with van der Waals surface area (Å²) in [5.74, 6) is -0.816. The van der Waals surface area contributed by atoms with Crippen molar-refractivity contribution in [2.75, 3.05) is 25.5 Å². The highest BCUT2D eigenvalue weighted by Crippen LogP contribution is 2.25. The van der Waals surface area contributed by atoms with E-state index in [0.717, 1.165) is 25.9 Å². The summed E-state index contributed by atoms with van der Waals surface area (Å²) >= 11 is 0. The predicted molar refractivity (Wildman–Crippen MR) is 81.0 cm³/mol. The Hall–Kier alpha value is -1.55. The Bertz CT molecular complexity index is 456. The third-order valence-electron chi connectivity index (χ3n) is 4.20. The Morgan fingerprint density at radius 2 is 2.00 bits per heavy atom. The molecule has 2 unspecified atom stereocenters. The van der Waals surface area contributed by atoms with Crippen molar-refractivity contribution in [3.05, 3.63) is 29.8 Å². The number of hydrogen-bond acceptors (Lipinski definition) is 3. The normalized spacial score (nSPS) is 23.6. The number of carboxylic acids is 1. The smallest absolute Gasteiger partial charge is 0.306 e. The Kier molecular flexibility index (Phi) is 4.65. The molecule has 0 spiro atoms. The number of likely N-dealkylation sites (tertiary alicyclic amines) is 1. The van der Waals surface area contributed by atoms with Crippen LogP contribution in [0.2, 0.25) is 0 Å². The lowest BCUT2D eigenvalue weighted by Gasteiger charge is -2.36. The van der Waals surface area contributed by atoms with E-state index in [0.29, 0.717) is 6.04 Å². The van der Waals surface area contributed by atoms with Gasteiger partial charge in [0, 0.05) is 32.4 Å². The second kappa shape index (κ2) is 6.27. The first-order valence-electron chi connectivity index (χ1n) is 7.20. The van der Waals surface area contributed by atoms with Gasteiger partial charge in [-0.25, -0.2) is 0 Å². The van der Waals surface area contributed by atoms with Crippen LogP contribution in [-0.2, 0) is 11.3 Å². The van der Waals surface area contributed by atoms with Gasteiger partial charge in [0.15, 0.2) is 0 Å². The maximum Gasteiger partial charge on any atom is 0.306 e. The molecule has 0 radical (unpaired) electrons. The standard InChI is InChI=1S/C16H24N2O2/c1-12-10-14(16(19)20)8-9-18(12)11-13-4-6-15(7-5-13)17(2)3/h4-7,12,14H,8-11H2,1-3H3,(H,19,20). The molecule has 110 valence electrons. The average Bonchev–Trinajstić information content (AvgIpc) is 2.41. The van der Waals surface area contributed by atoms with E-state index in [1.54, 1.807) is 0 Å². The molecule has 1 aromatic rings. The van der Waals surface area contributed by atoms with Crippen LogP contribution in [0.15, 0.2) is 24.3 Å². The zero-order valence-corrected chi connectivity index (χ0v) is 12.5. The molecular formula is C16H24N2O2. The molecule has 0 aromatic heterocycles. The third kappa shape index (κ3) is 3.51. The van der Waals surface area contributed by atoms with Crippen molar-refractivity contribution in [2.24, 2.45) is 5.92 Å². The molecule has 0 amide bonds. The number of benzene rings is 1. The van der Waals surface area contributed by atoms with Crippen LogP contribution in [0.25, 0.3) is 0 Å². The quantitative estimate of drug-likeness (QED) is 0.917. The topological polar surface area (TPSA) is 43.8 Å². The first-order valence-corrected chi connectivity index (χ1v) is 7.20. The predicted octanol–water partition coefficient (Wildman–Crippen LogP) is 2.44. The van der Waals surface area contributed by atoms with Gasteiger partial charge in [0.2, 0.25) is 0 Å². The monoisotopic (exact) mass is 276 g/mol. The van der Waals surface area contributed by atoms with Crippen LogP contribution in [0.3, 0.4) is 0 Å². The lowest BCUT2D eigenvalue weighted by atomic mass is 9.91. The summed E-state index contributed by atoms with van der Waals surface area (Å²) in [6.45, 7) is 3.90. The fourth-order valence-electron chi connectivity index (χ4n) is 2.81. The summed E-state index contributed by atoms with van der Waals surface area (Å²) in [6, 6.07) is 8.91. The zero-order chi connectivity index (χ0) is 14.7. The number of hydrogen-bond donors (Lipinski definition) is 1. The van der Waals surface area contributed by atoms with E-state index in [1.807, 2.05) is 14.1 Å². The van der Waals surface area contributed by atoms with E-state index >= 15 is 0 Å². The van der Waals surface area contributed by atoms with Crippen molar-refractivity contribution >= 4 is 11.7 Å². The second-order valence-corrected chi connectivity index (χ2v) is 5.94. The van der Waals surface area contributed by atoms with Gasteiger partial charge in [-0.1, -0.05) is 12.1 Å². The van der Waals surface area contributed by atoms with Gasteiger partial charge in [-0.2, -0.15) is 0 Å². The molecule has 0 bridgehead atoms. The van der Waals surface area contributed by atoms with Crippen LogP contribution in [0.1, 0.15) is 25.3 Å². The lowest BCUT2D eigenvalue weighted by Crippen LogP contribution is -2.42. The molecule has 2 rings (SSSR count). The van der Waals surface area contributed by atoms with Crippen LogP contribution < -0.4 is 4.90 Å². The van der Waals surface area contributed by atoms with Crippen LogP contribution in [0.5, 0.6) is 0 Å². The highest BCUT2D eigenvalue weighted by molar-refractivity contribution is 5.70. The second-order valence-electron chi connectivity index (χ2n) is 5.94.